The van der Waals surface area contributed by atoms with E-state index in [4.69, 9.17) is 0 Å². The van der Waals surface area contributed by atoms with Crippen LogP contribution in [-0.2, 0) is 0 Å². The van der Waals surface area contributed by atoms with Gasteiger partial charge in [-0.15, -0.1) is 0 Å². The standard InChI is InChI=1S/C22H19N3/c1-23-13-14-24(16-23)18-11-12-22-20(15-18)19-9-5-6-10-21(19)25(22)17-7-3-2-4-8-17/h2-15H,16H2,1H3. The molecule has 122 valence electrons. The van der Waals surface area contributed by atoms with Gasteiger partial charge in [0.15, 0.2) is 0 Å². The van der Waals surface area contributed by atoms with Gasteiger partial charge in [0, 0.05) is 41.6 Å². The molecule has 25 heavy (non-hydrogen) atoms. The van der Waals surface area contributed by atoms with Crippen LogP contribution in [0.1, 0.15) is 0 Å². The molecule has 1 aromatic heterocycles. The van der Waals surface area contributed by atoms with Crippen LogP contribution in [0.25, 0.3) is 27.5 Å². The van der Waals surface area contributed by atoms with E-state index < -0.39 is 0 Å². The highest BCUT2D eigenvalue weighted by Gasteiger charge is 2.15. The van der Waals surface area contributed by atoms with Gasteiger partial charge in [0.2, 0.25) is 0 Å². The van der Waals surface area contributed by atoms with Gasteiger partial charge in [-0.05, 0) is 36.4 Å². The predicted octanol–water partition coefficient (Wildman–Crippen LogP) is 4.96. The molecule has 1 aliphatic heterocycles. The fraction of sp³-hybridized carbons (Fsp3) is 0.0909. The van der Waals surface area contributed by atoms with Gasteiger partial charge in [-0.1, -0.05) is 36.4 Å². The van der Waals surface area contributed by atoms with Crippen molar-refractivity contribution in [1.29, 1.82) is 0 Å². The maximum Gasteiger partial charge on any atom is 0.0938 e. The van der Waals surface area contributed by atoms with Gasteiger partial charge in [-0.25, -0.2) is 0 Å². The van der Waals surface area contributed by atoms with E-state index in [1.807, 2.05) is 0 Å². The molecule has 0 radical (unpaired) electrons. The molecule has 0 aliphatic carbocycles. The van der Waals surface area contributed by atoms with E-state index in [1.54, 1.807) is 0 Å². The van der Waals surface area contributed by atoms with E-state index in [-0.39, 0.29) is 0 Å². The number of fused-ring (bicyclic) bond motifs is 3. The van der Waals surface area contributed by atoms with Gasteiger partial charge in [-0.2, -0.15) is 0 Å². The van der Waals surface area contributed by atoms with E-state index in [1.165, 1.54) is 33.2 Å². The van der Waals surface area contributed by atoms with Crippen molar-refractivity contribution < 1.29 is 0 Å². The number of nitrogens with zero attached hydrogens (tertiary/aromatic N) is 3. The molecule has 1 aliphatic rings. The van der Waals surface area contributed by atoms with Crippen molar-refractivity contribution in [3.63, 3.8) is 0 Å². The molecule has 5 rings (SSSR count). The van der Waals surface area contributed by atoms with E-state index in [0.29, 0.717) is 0 Å². The molecule has 0 spiro atoms. The highest BCUT2D eigenvalue weighted by atomic mass is 15.3. The summed E-state index contributed by atoms with van der Waals surface area (Å²) >= 11 is 0. The second kappa shape index (κ2) is 5.42. The fourth-order valence-electron chi connectivity index (χ4n) is 3.69. The van der Waals surface area contributed by atoms with Crippen LogP contribution in [-0.4, -0.2) is 23.2 Å². The van der Waals surface area contributed by atoms with E-state index in [0.717, 1.165) is 6.67 Å². The Balaban J connectivity index is 1.78. The molecule has 0 saturated carbocycles. The number of anilines is 1. The summed E-state index contributed by atoms with van der Waals surface area (Å²) in [5.74, 6) is 0. The maximum absolute atomic E-state index is 2.35. The summed E-state index contributed by atoms with van der Waals surface area (Å²) < 4.78 is 2.35. The van der Waals surface area contributed by atoms with Crippen LogP contribution in [0.4, 0.5) is 5.69 Å². The normalized spacial score (nSPS) is 14.1. The average Bonchev–Trinajstić information content (AvgIpc) is 3.23. The first kappa shape index (κ1) is 14.2. The fourth-order valence-corrected chi connectivity index (χ4v) is 3.69. The van der Waals surface area contributed by atoms with Crippen molar-refractivity contribution in [3.05, 3.63) is 85.2 Å². The largest absolute Gasteiger partial charge is 0.361 e. The average molecular weight is 325 g/mol. The number of para-hydroxylation sites is 2. The lowest BCUT2D eigenvalue weighted by atomic mass is 10.1. The Bertz CT molecular complexity index is 1090. The van der Waals surface area contributed by atoms with Crippen LogP contribution in [0.5, 0.6) is 0 Å². The minimum Gasteiger partial charge on any atom is -0.361 e. The van der Waals surface area contributed by atoms with Crippen LogP contribution < -0.4 is 4.90 Å². The SMILES string of the molecule is CN1C=CN(c2ccc3c(c2)c2ccccc2n3-c2ccccc2)C1. The van der Waals surface area contributed by atoms with Crippen LogP contribution in [0, 0.1) is 0 Å². The molecule has 0 fully saturated rings. The quantitative estimate of drug-likeness (QED) is 0.516. The van der Waals surface area contributed by atoms with E-state index >= 15 is 0 Å². The van der Waals surface area contributed by atoms with Crippen molar-refractivity contribution in [1.82, 2.24) is 9.47 Å². The molecule has 0 unspecified atom stereocenters. The second-order valence-corrected chi connectivity index (χ2v) is 6.56. The van der Waals surface area contributed by atoms with Crippen LogP contribution in [0.15, 0.2) is 85.2 Å². The topological polar surface area (TPSA) is 11.4 Å². The second-order valence-electron chi connectivity index (χ2n) is 6.56. The van der Waals surface area contributed by atoms with Gasteiger partial charge in [0.1, 0.15) is 0 Å². The van der Waals surface area contributed by atoms with Crippen LogP contribution in [0.3, 0.4) is 0 Å². The van der Waals surface area contributed by atoms with Gasteiger partial charge in [0.05, 0.1) is 17.7 Å². The number of benzene rings is 3. The summed E-state index contributed by atoms with van der Waals surface area (Å²) in [6.07, 6.45) is 4.25. The molecule has 2 heterocycles. The van der Waals surface area contributed by atoms with E-state index in [9.17, 15) is 0 Å². The zero-order valence-electron chi connectivity index (χ0n) is 14.1. The molecule has 3 nitrogen and oxygen atoms in total. The molecule has 0 atom stereocenters. The summed E-state index contributed by atoms with van der Waals surface area (Å²) in [4.78, 5) is 4.45. The highest BCUT2D eigenvalue weighted by Crippen LogP contribution is 2.34. The number of hydrogen-bond donors (Lipinski definition) is 0. The summed E-state index contributed by atoms with van der Waals surface area (Å²) in [5.41, 5.74) is 4.91. The first-order valence-corrected chi connectivity index (χ1v) is 8.55. The molecule has 0 amide bonds. The highest BCUT2D eigenvalue weighted by molar-refractivity contribution is 6.10. The maximum atomic E-state index is 2.35. The zero-order chi connectivity index (χ0) is 16.8. The third-order valence-corrected chi connectivity index (χ3v) is 4.88. The molecule has 3 heteroatoms. The smallest absolute Gasteiger partial charge is 0.0938 e. The predicted molar refractivity (Wildman–Crippen MR) is 105 cm³/mol. The van der Waals surface area contributed by atoms with E-state index in [2.05, 4.69) is 107 Å². The molecule has 0 bridgehead atoms. The molecular weight excluding hydrogens is 306 g/mol. The minimum absolute atomic E-state index is 0.892. The Morgan fingerprint density at radius 3 is 2.24 bits per heavy atom. The van der Waals surface area contributed by atoms with Crippen LogP contribution >= 0.6 is 0 Å². The zero-order valence-corrected chi connectivity index (χ0v) is 14.1. The van der Waals surface area contributed by atoms with Crippen molar-refractivity contribution in [2.24, 2.45) is 0 Å². The minimum atomic E-state index is 0.892. The molecule has 3 aromatic carbocycles. The molecule has 0 N–H and O–H groups in total. The number of aromatic nitrogens is 1. The lowest BCUT2D eigenvalue weighted by molar-refractivity contribution is 0.496. The van der Waals surface area contributed by atoms with Crippen molar-refractivity contribution in [2.75, 3.05) is 18.6 Å². The Kier molecular flexibility index (Phi) is 3.07. The number of rotatable bonds is 2. The van der Waals surface area contributed by atoms with Crippen molar-refractivity contribution in [3.8, 4) is 5.69 Å². The number of hydrogen-bond acceptors (Lipinski definition) is 2. The summed E-state index contributed by atoms with van der Waals surface area (Å²) in [6, 6.07) is 26.0. The van der Waals surface area contributed by atoms with Crippen molar-refractivity contribution >= 4 is 27.5 Å². The lowest BCUT2D eigenvalue weighted by Gasteiger charge is -2.18. The summed E-state index contributed by atoms with van der Waals surface area (Å²) in [5, 5.41) is 2.58. The monoisotopic (exact) mass is 325 g/mol. The van der Waals surface area contributed by atoms with Gasteiger partial charge < -0.3 is 14.4 Å². The van der Waals surface area contributed by atoms with Gasteiger partial charge in [-0.3, -0.25) is 0 Å². The van der Waals surface area contributed by atoms with Gasteiger partial charge >= 0.3 is 0 Å². The molecule has 4 aromatic rings. The van der Waals surface area contributed by atoms with Gasteiger partial charge in [0.25, 0.3) is 0 Å². The molecule has 0 saturated heterocycles. The Hall–Kier alpha value is -3.20. The first-order valence-electron chi connectivity index (χ1n) is 8.55. The third-order valence-electron chi connectivity index (χ3n) is 4.88. The Morgan fingerprint density at radius 1 is 0.680 bits per heavy atom. The summed E-state index contributed by atoms with van der Waals surface area (Å²) in [7, 11) is 2.09. The molecular formula is C22H19N3. The Morgan fingerprint density at radius 2 is 1.44 bits per heavy atom. The Labute approximate surface area is 147 Å². The lowest BCUT2D eigenvalue weighted by Crippen LogP contribution is -2.21. The third kappa shape index (κ3) is 2.20. The van der Waals surface area contributed by atoms with Crippen LogP contribution in [0.2, 0.25) is 0 Å². The first-order chi connectivity index (χ1) is 12.3. The van der Waals surface area contributed by atoms with Crippen molar-refractivity contribution in [2.45, 2.75) is 0 Å². The summed E-state index contributed by atoms with van der Waals surface area (Å²) in [6.45, 7) is 0.892.